The van der Waals surface area contributed by atoms with Gasteiger partial charge in [0.05, 0.1) is 0 Å². The first-order chi connectivity index (χ1) is 9.60. The van der Waals surface area contributed by atoms with E-state index in [1.165, 1.54) is 17.5 Å². The summed E-state index contributed by atoms with van der Waals surface area (Å²) in [6.45, 7) is 3.86. The van der Waals surface area contributed by atoms with E-state index in [0.717, 1.165) is 18.6 Å². The van der Waals surface area contributed by atoms with Crippen LogP contribution in [-0.4, -0.2) is 30.3 Å². The lowest BCUT2D eigenvalue weighted by molar-refractivity contribution is -0.124. The summed E-state index contributed by atoms with van der Waals surface area (Å²) in [6.07, 6.45) is 3.45. The average Bonchev–Trinajstić information content (AvgIpc) is 2.91. The van der Waals surface area contributed by atoms with E-state index in [0.29, 0.717) is 0 Å². The maximum atomic E-state index is 11.8. The Kier molecular flexibility index (Phi) is 5.01. The first-order valence-electron chi connectivity index (χ1n) is 7.25. The summed E-state index contributed by atoms with van der Waals surface area (Å²) >= 11 is 0. The van der Waals surface area contributed by atoms with Crippen molar-refractivity contribution < 1.29 is 14.6 Å². The fourth-order valence-corrected chi connectivity index (χ4v) is 2.38. The fraction of sp³-hybridized carbons (Fsp3) is 0.562. The molecule has 4 heteroatoms. The number of fused-ring (bicyclic) bond motifs is 1. The zero-order valence-electron chi connectivity index (χ0n) is 12.2. The fourth-order valence-electron chi connectivity index (χ4n) is 2.38. The van der Waals surface area contributed by atoms with Crippen molar-refractivity contribution in [2.75, 3.05) is 13.2 Å². The normalized spacial score (nSPS) is 16.4. The number of hydrogen-bond donors (Lipinski definition) is 2. The van der Waals surface area contributed by atoms with Gasteiger partial charge < -0.3 is 15.2 Å². The molecule has 0 aliphatic heterocycles. The summed E-state index contributed by atoms with van der Waals surface area (Å²) < 4.78 is 5.53. The van der Waals surface area contributed by atoms with Gasteiger partial charge in [0.2, 0.25) is 0 Å². The zero-order chi connectivity index (χ0) is 14.5. The quantitative estimate of drug-likeness (QED) is 0.832. The molecule has 0 fully saturated rings. The second-order valence-electron chi connectivity index (χ2n) is 5.59. The topological polar surface area (TPSA) is 58.6 Å². The van der Waals surface area contributed by atoms with Crippen molar-refractivity contribution in [3.63, 3.8) is 0 Å². The molecule has 0 saturated heterocycles. The highest BCUT2D eigenvalue weighted by molar-refractivity contribution is 5.77. The van der Waals surface area contributed by atoms with Gasteiger partial charge in [0.25, 0.3) is 5.91 Å². The Hall–Kier alpha value is -1.55. The molecule has 1 amide bonds. The number of nitrogens with one attached hydrogen (secondary N) is 1. The van der Waals surface area contributed by atoms with Gasteiger partial charge in [-0.1, -0.05) is 13.0 Å². The molecular formula is C16H23NO3. The van der Waals surface area contributed by atoms with Crippen molar-refractivity contribution in [3.05, 3.63) is 29.3 Å². The first kappa shape index (κ1) is 14.9. The van der Waals surface area contributed by atoms with Gasteiger partial charge in [-0.25, -0.2) is 0 Å². The number of aliphatic hydroxyl groups is 1. The van der Waals surface area contributed by atoms with E-state index >= 15 is 0 Å². The largest absolute Gasteiger partial charge is 0.484 e. The molecular weight excluding hydrogens is 254 g/mol. The van der Waals surface area contributed by atoms with Gasteiger partial charge in [-0.3, -0.25) is 4.79 Å². The van der Waals surface area contributed by atoms with Gasteiger partial charge in [0.15, 0.2) is 6.61 Å². The van der Waals surface area contributed by atoms with Gasteiger partial charge >= 0.3 is 0 Å². The van der Waals surface area contributed by atoms with Gasteiger partial charge in [-0.15, -0.1) is 0 Å². The van der Waals surface area contributed by atoms with E-state index in [1.807, 2.05) is 26.0 Å². The highest BCUT2D eigenvalue weighted by atomic mass is 16.5. The molecule has 2 rings (SSSR count). The van der Waals surface area contributed by atoms with E-state index < -0.39 is 0 Å². The monoisotopic (exact) mass is 277 g/mol. The summed E-state index contributed by atoms with van der Waals surface area (Å²) in [5, 5.41) is 11.9. The van der Waals surface area contributed by atoms with Crippen LogP contribution in [0.4, 0.5) is 0 Å². The van der Waals surface area contributed by atoms with Crippen molar-refractivity contribution >= 4 is 5.91 Å². The lowest BCUT2D eigenvalue weighted by Crippen LogP contribution is -2.40. The zero-order valence-corrected chi connectivity index (χ0v) is 12.2. The Balaban J connectivity index is 1.81. The molecule has 0 heterocycles. The smallest absolute Gasteiger partial charge is 0.258 e. The van der Waals surface area contributed by atoms with Crippen LogP contribution in [0.2, 0.25) is 0 Å². The van der Waals surface area contributed by atoms with E-state index in [9.17, 15) is 4.79 Å². The van der Waals surface area contributed by atoms with Crippen LogP contribution in [0, 0.1) is 5.92 Å². The maximum Gasteiger partial charge on any atom is 0.258 e. The molecule has 2 unspecified atom stereocenters. The molecule has 2 atom stereocenters. The molecule has 110 valence electrons. The summed E-state index contributed by atoms with van der Waals surface area (Å²) in [5.41, 5.74) is 2.73. The summed E-state index contributed by atoms with van der Waals surface area (Å²) in [4.78, 5) is 11.8. The van der Waals surface area contributed by atoms with Crippen molar-refractivity contribution in [1.82, 2.24) is 5.32 Å². The molecule has 1 aliphatic carbocycles. The second-order valence-corrected chi connectivity index (χ2v) is 5.59. The second kappa shape index (κ2) is 6.75. The van der Waals surface area contributed by atoms with E-state index in [-0.39, 0.29) is 31.1 Å². The SMILES string of the molecule is CC(CO)C(C)NC(=O)COc1ccc2c(c1)CCC2. The molecule has 4 nitrogen and oxygen atoms in total. The number of amides is 1. The van der Waals surface area contributed by atoms with Crippen molar-refractivity contribution in [2.45, 2.75) is 39.2 Å². The molecule has 0 saturated carbocycles. The number of aliphatic hydroxyl groups excluding tert-OH is 1. The minimum Gasteiger partial charge on any atom is -0.484 e. The summed E-state index contributed by atoms with van der Waals surface area (Å²) in [6, 6.07) is 6.00. The molecule has 0 bridgehead atoms. The van der Waals surface area contributed by atoms with Crippen LogP contribution in [0.25, 0.3) is 0 Å². The molecule has 2 N–H and O–H groups in total. The van der Waals surface area contributed by atoms with Crippen LogP contribution in [0.1, 0.15) is 31.4 Å². The number of ether oxygens (including phenoxy) is 1. The highest BCUT2D eigenvalue weighted by Gasteiger charge is 2.15. The van der Waals surface area contributed by atoms with Crippen LogP contribution in [0.15, 0.2) is 18.2 Å². The van der Waals surface area contributed by atoms with Gasteiger partial charge in [0, 0.05) is 12.6 Å². The summed E-state index contributed by atoms with van der Waals surface area (Å²) in [5.74, 6) is 0.640. The number of rotatable bonds is 6. The number of carbonyl (C=O) groups is 1. The van der Waals surface area contributed by atoms with Crippen LogP contribution >= 0.6 is 0 Å². The minimum atomic E-state index is -0.154. The standard InChI is InChI=1S/C16H23NO3/c1-11(9-18)12(2)17-16(19)10-20-15-7-6-13-4-3-5-14(13)8-15/h6-8,11-12,18H,3-5,9-10H2,1-2H3,(H,17,19). The van der Waals surface area contributed by atoms with Crippen LogP contribution in [0.5, 0.6) is 5.75 Å². The van der Waals surface area contributed by atoms with Gasteiger partial charge in [-0.05, 0) is 55.4 Å². The Morgan fingerprint density at radius 1 is 1.35 bits per heavy atom. The minimum absolute atomic E-state index is 0.0152. The Labute approximate surface area is 120 Å². The number of aryl methyl sites for hydroxylation is 2. The molecule has 20 heavy (non-hydrogen) atoms. The lowest BCUT2D eigenvalue weighted by Gasteiger charge is -2.19. The third-order valence-electron chi connectivity index (χ3n) is 3.97. The Morgan fingerprint density at radius 3 is 2.85 bits per heavy atom. The predicted molar refractivity (Wildman–Crippen MR) is 77.8 cm³/mol. The first-order valence-corrected chi connectivity index (χ1v) is 7.25. The Morgan fingerprint density at radius 2 is 2.10 bits per heavy atom. The van der Waals surface area contributed by atoms with Crippen LogP contribution < -0.4 is 10.1 Å². The maximum absolute atomic E-state index is 11.8. The molecule has 1 aromatic carbocycles. The van der Waals surface area contributed by atoms with Gasteiger partial charge in [-0.2, -0.15) is 0 Å². The van der Waals surface area contributed by atoms with E-state index in [4.69, 9.17) is 9.84 Å². The summed E-state index contributed by atoms with van der Waals surface area (Å²) in [7, 11) is 0. The highest BCUT2D eigenvalue weighted by Crippen LogP contribution is 2.25. The third-order valence-corrected chi connectivity index (χ3v) is 3.97. The number of hydrogen-bond acceptors (Lipinski definition) is 3. The number of benzene rings is 1. The van der Waals surface area contributed by atoms with Crippen LogP contribution in [-0.2, 0) is 17.6 Å². The Bertz CT molecular complexity index is 473. The molecule has 1 aromatic rings. The van der Waals surface area contributed by atoms with Crippen molar-refractivity contribution in [2.24, 2.45) is 5.92 Å². The number of carbonyl (C=O) groups excluding carboxylic acids is 1. The molecule has 0 aromatic heterocycles. The van der Waals surface area contributed by atoms with Crippen molar-refractivity contribution in [1.29, 1.82) is 0 Å². The molecule has 0 radical (unpaired) electrons. The average molecular weight is 277 g/mol. The van der Waals surface area contributed by atoms with E-state index in [1.54, 1.807) is 0 Å². The van der Waals surface area contributed by atoms with E-state index in [2.05, 4.69) is 11.4 Å². The lowest BCUT2D eigenvalue weighted by atomic mass is 10.1. The molecule has 0 spiro atoms. The van der Waals surface area contributed by atoms with Gasteiger partial charge in [0.1, 0.15) is 5.75 Å². The molecule has 1 aliphatic rings. The van der Waals surface area contributed by atoms with Crippen molar-refractivity contribution in [3.8, 4) is 5.75 Å². The van der Waals surface area contributed by atoms with Crippen LogP contribution in [0.3, 0.4) is 0 Å². The third kappa shape index (κ3) is 3.73. The predicted octanol–water partition coefficient (Wildman–Crippen LogP) is 1.69.